The molecule has 1 atom stereocenters. The lowest BCUT2D eigenvalue weighted by molar-refractivity contribution is 0.176. The number of nitrogens with zero attached hydrogens (tertiary/aromatic N) is 1. The highest BCUT2D eigenvalue weighted by atomic mass is 79.9. The Hall–Kier alpha value is -0.650. The summed E-state index contributed by atoms with van der Waals surface area (Å²) in [6.45, 7) is 0. The van der Waals surface area contributed by atoms with Gasteiger partial charge in [0.15, 0.2) is 0 Å². The number of imidazole rings is 1. The van der Waals surface area contributed by atoms with Crippen molar-refractivity contribution in [2.45, 2.75) is 12.5 Å². The Balaban J connectivity index is 2.06. The van der Waals surface area contributed by atoms with Crippen molar-refractivity contribution in [3.05, 3.63) is 39.0 Å². The van der Waals surface area contributed by atoms with Crippen LogP contribution in [0.5, 0.6) is 0 Å². The maximum Gasteiger partial charge on any atom is 0.108 e. The Kier molecular flexibility index (Phi) is 3.00. The fourth-order valence-electron chi connectivity index (χ4n) is 1.21. The molecule has 1 unspecified atom stereocenters. The molecule has 3 nitrogen and oxygen atoms in total. The molecular formula is C9H9BrN2OS. The minimum Gasteiger partial charge on any atom is -0.388 e. The molecule has 2 aromatic rings. The third-order valence-corrected chi connectivity index (χ3v) is 3.44. The van der Waals surface area contributed by atoms with Gasteiger partial charge in [-0.05, 0) is 32.9 Å². The van der Waals surface area contributed by atoms with Crippen LogP contribution in [0.3, 0.4) is 0 Å². The number of nitrogens with one attached hydrogen (secondary N) is 1. The zero-order valence-corrected chi connectivity index (χ0v) is 9.68. The van der Waals surface area contributed by atoms with Crippen LogP contribution in [0.1, 0.15) is 17.5 Å². The lowest BCUT2D eigenvalue weighted by Gasteiger charge is -2.05. The number of rotatable bonds is 3. The normalized spacial score (nSPS) is 13.0. The maximum atomic E-state index is 9.83. The number of aromatic nitrogens is 2. The van der Waals surface area contributed by atoms with Gasteiger partial charge in [0.25, 0.3) is 0 Å². The van der Waals surface area contributed by atoms with Gasteiger partial charge in [0, 0.05) is 18.8 Å². The van der Waals surface area contributed by atoms with Crippen LogP contribution >= 0.6 is 27.3 Å². The first-order valence-electron chi connectivity index (χ1n) is 4.16. The SMILES string of the molecule is OC(Cc1ncc[nH]1)c1csc(Br)c1. The monoisotopic (exact) mass is 272 g/mol. The van der Waals surface area contributed by atoms with Crippen LogP contribution < -0.4 is 0 Å². The van der Waals surface area contributed by atoms with Crippen molar-refractivity contribution in [1.82, 2.24) is 9.97 Å². The molecular weight excluding hydrogens is 264 g/mol. The van der Waals surface area contributed by atoms with E-state index in [0.717, 1.165) is 15.2 Å². The lowest BCUT2D eigenvalue weighted by atomic mass is 10.1. The quantitative estimate of drug-likeness (QED) is 0.902. The first-order valence-corrected chi connectivity index (χ1v) is 5.83. The van der Waals surface area contributed by atoms with Crippen molar-refractivity contribution in [2.24, 2.45) is 0 Å². The van der Waals surface area contributed by atoms with Crippen LogP contribution in [-0.4, -0.2) is 15.1 Å². The third-order valence-electron chi connectivity index (χ3n) is 1.91. The van der Waals surface area contributed by atoms with E-state index >= 15 is 0 Å². The molecule has 0 aromatic carbocycles. The van der Waals surface area contributed by atoms with E-state index in [2.05, 4.69) is 25.9 Å². The van der Waals surface area contributed by atoms with E-state index in [1.807, 2.05) is 11.4 Å². The van der Waals surface area contributed by atoms with Crippen molar-refractivity contribution in [3.63, 3.8) is 0 Å². The molecule has 0 radical (unpaired) electrons. The Bertz CT molecular complexity index is 399. The van der Waals surface area contributed by atoms with Gasteiger partial charge in [0.2, 0.25) is 0 Å². The van der Waals surface area contributed by atoms with Crippen LogP contribution in [0.15, 0.2) is 27.6 Å². The Morgan fingerprint density at radius 3 is 3.07 bits per heavy atom. The number of aliphatic hydroxyl groups is 1. The largest absolute Gasteiger partial charge is 0.388 e. The highest BCUT2D eigenvalue weighted by Crippen LogP contribution is 2.26. The van der Waals surface area contributed by atoms with Gasteiger partial charge in [-0.3, -0.25) is 0 Å². The first-order chi connectivity index (χ1) is 6.75. The van der Waals surface area contributed by atoms with Crippen LogP contribution in [0.25, 0.3) is 0 Å². The van der Waals surface area contributed by atoms with Gasteiger partial charge in [-0.25, -0.2) is 4.98 Å². The van der Waals surface area contributed by atoms with E-state index < -0.39 is 6.10 Å². The number of aliphatic hydroxyl groups excluding tert-OH is 1. The molecule has 5 heteroatoms. The number of halogens is 1. The van der Waals surface area contributed by atoms with Gasteiger partial charge in [0.05, 0.1) is 9.89 Å². The zero-order valence-electron chi connectivity index (χ0n) is 7.27. The topological polar surface area (TPSA) is 48.9 Å². The summed E-state index contributed by atoms with van der Waals surface area (Å²) in [4.78, 5) is 7.03. The molecule has 74 valence electrons. The molecule has 2 heterocycles. The Morgan fingerprint density at radius 1 is 1.64 bits per heavy atom. The van der Waals surface area contributed by atoms with Crippen molar-refractivity contribution in [1.29, 1.82) is 0 Å². The average molecular weight is 273 g/mol. The van der Waals surface area contributed by atoms with E-state index in [1.54, 1.807) is 23.7 Å². The summed E-state index contributed by atoms with van der Waals surface area (Å²) in [6.07, 6.45) is 3.48. The molecule has 0 aliphatic heterocycles. The summed E-state index contributed by atoms with van der Waals surface area (Å²) in [5.74, 6) is 0.805. The standard InChI is InChI=1S/C9H9BrN2OS/c10-8-3-6(5-14-8)7(13)4-9-11-1-2-12-9/h1-3,5,7,13H,4H2,(H,11,12). The second-order valence-electron chi connectivity index (χ2n) is 2.94. The van der Waals surface area contributed by atoms with Gasteiger partial charge >= 0.3 is 0 Å². The van der Waals surface area contributed by atoms with E-state index in [-0.39, 0.29) is 0 Å². The molecule has 0 fully saturated rings. The summed E-state index contributed by atoms with van der Waals surface area (Å²) in [7, 11) is 0. The van der Waals surface area contributed by atoms with Crippen LogP contribution in [0.4, 0.5) is 0 Å². The number of hydrogen-bond acceptors (Lipinski definition) is 3. The van der Waals surface area contributed by atoms with Gasteiger partial charge in [-0.15, -0.1) is 11.3 Å². The number of thiophene rings is 1. The molecule has 0 amide bonds. The molecule has 0 aliphatic carbocycles. The zero-order chi connectivity index (χ0) is 9.97. The molecule has 2 rings (SSSR count). The van der Waals surface area contributed by atoms with Gasteiger partial charge in [-0.1, -0.05) is 0 Å². The molecule has 0 spiro atoms. The van der Waals surface area contributed by atoms with Gasteiger partial charge < -0.3 is 10.1 Å². The molecule has 2 aromatic heterocycles. The molecule has 0 saturated carbocycles. The number of H-pyrrole nitrogens is 1. The van der Waals surface area contributed by atoms with Gasteiger partial charge in [0.1, 0.15) is 5.82 Å². The number of aromatic amines is 1. The molecule has 0 saturated heterocycles. The molecule has 0 bridgehead atoms. The number of hydrogen-bond donors (Lipinski definition) is 2. The van der Waals surface area contributed by atoms with Gasteiger partial charge in [-0.2, -0.15) is 0 Å². The smallest absolute Gasteiger partial charge is 0.108 e. The summed E-state index contributed by atoms with van der Waals surface area (Å²) in [5.41, 5.74) is 0.929. The van der Waals surface area contributed by atoms with E-state index in [1.165, 1.54) is 0 Å². The van der Waals surface area contributed by atoms with E-state index in [9.17, 15) is 5.11 Å². The summed E-state index contributed by atoms with van der Waals surface area (Å²) >= 11 is 4.93. The highest BCUT2D eigenvalue weighted by Gasteiger charge is 2.11. The molecule has 14 heavy (non-hydrogen) atoms. The second-order valence-corrected chi connectivity index (χ2v) is 5.23. The highest BCUT2D eigenvalue weighted by molar-refractivity contribution is 9.11. The predicted octanol–water partition coefficient (Wildman–Crippen LogP) is 2.51. The van der Waals surface area contributed by atoms with E-state index in [0.29, 0.717) is 6.42 Å². The third kappa shape index (κ3) is 2.23. The van der Waals surface area contributed by atoms with Crippen molar-refractivity contribution < 1.29 is 5.11 Å². The fraction of sp³-hybridized carbons (Fsp3) is 0.222. The summed E-state index contributed by atoms with van der Waals surface area (Å²) in [6, 6.07) is 1.93. The summed E-state index contributed by atoms with van der Waals surface area (Å²) < 4.78 is 1.03. The van der Waals surface area contributed by atoms with Crippen LogP contribution in [0, 0.1) is 0 Å². The minimum atomic E-state index is -0.483. The van der Waals surface area contributed by atoms with Crippen molar-refractivity contribution in [3.8, 4) is 0 Å². The lowest BCUT2D eigenvalue weighted by Crippen LogP contribution is -2.01. The molecule has 2 N–H and O–H groups in total. The second kappa shape index (κ2) is 4.25. The fourth-order valence-corrected chi connectivity index (χ4v) is 2.43. The summed E-state index contributed by atoms with van der Waals surface area (Å²) in [5, 5.41) is 11.8. The van der Waals surface area contributed by atoms with Crippen LogP contribution in [0.2, 0.25) is 0 Å². The van der Waals surface area contributed by atoms with Crippen LogP contribution in [-0.2, 0) is 6.42 Å². The Morgan fingerprint density at radius 2 is 2.50 bits per heavy atom. The maximum absolute atomic E-state index is 9.83. The van der Waals surface area contributed by atoms with E-state index in [4.69, 9.17) is 0 Å². The van der Waals surface area contributed by atoms with Crippen molar-refractivity contribution in [2.75, 3.05) is 0 Å². The average Bonchev–Trinajstić information content (AvgIpc) is 2.75. The van der Waals surface area contributed by atoms with Crippen molar-refractivity contribution >= 4 is 27.3 Å². The predicted molar refractivity (Wildman–Crippen MR) is 59.3 cm³/mol. The Labute approximate surface area is 93.9 Å². The molecule has 0 aliphatic rings. The minimum absolute atomic E-state index is 0.483. The first kappa shape index (κ1) is 9.89.